The molecule has 0 radical (unpaired) electrons. The van der Waals surface area contributed by atoms with E-state index in [-0.39, 0.29) is 18.1 Å². The molecule has 31 heavy (non-hydrogen) atoms. The summed E-state index contributed by atoms with van der Waals surface area (Å²) in [7, 11) is 0. The van der Waals surface area contributed by atoms with Gasteiger partial charge in [0, 0.05) is 55.4 Å². The molecule has 1 saturated heterocycles. The molecule has 3 rings (SSSR count). The van der Waals surface area contributed by atoms with Crippen LogP contribution in [0.15, 0.2) is 59.5 Å². The molecule has 0 amide bonds. The Balaban J connectivity index is 1.29. The molecule has 0 aromatic heterocycles. The van der Waals surface area contributed by atoms with Crippen LogP contribution in [0.25, 0.3) is 0 Å². The minimum atomic E-state index is -0.549. The van der Waals surface area contributed by atoms with Crippen molar-refractivity contribution in [3.05, 3.63) is 66.0 Å². The van der Waals surface area contributed by atoms with E-state index in [0.29, 0.717) is 18.7 Å². The number of rotatable bonds is 11. The summed E-state index contributed by atoms with van der Waals surface area (Å²) in [5.74, 6) is -0.726. The highest BCUT2D eigenvalue weighted by Crippen LogP contribution is 2.18. The number of aliphatic hydroxyl groups excluding tert-OH is 1. The molecule has 1 N–H and O–H groups in total. The van der Waals surface area contributed by atoms with Gasteiger partial charge in [-0.15, -0.1) is 11.8 Å². The normalized spacial score (nSPS) is 16.2. The van der Waals surface area contributed by atoms with Crippen LogP contribution in [0.4, 0.5) is 4.39 Å². The molecule has 0 spiro atoms. The lowest BCUT2D eigenvalue weighted by Gasteiger charge is -2.35. The lowest BCUT2D eigenvalue weighted by Crippen LogP contribution is -2.49. The summed E-state index contributed by atoms with van der Waals surface area (Å²) in [6, 6.07) is 15.2. The highest BCUT2D eigenvalue weighted by molar-refractivity contribution is 7.99. The van der Waals surface area contributed by atoms with Gasteiger partial charge in [0.05, 0.1) is 6.10 Å². The van der Waals surface area contributed by atoms with Gasteiger partial charge in [-0.3, -0.25) is 14.5 Å². The van der Waals surface area contributed by atoms with Crippen LogP contribution in [0.5, 0.6) is 0 Å². The van der Waals surface area contributed by atoms with Gasteiger partial charge in [0.15, 0.2) is 0 Å². The second-order valence-corrected chi connectivity index (χ2v) is 8.88. The third-order valence-corrected chi connectivity index (χ3v) is 6.51. The predicted octanol–water partition coefficient (Wildman–Crippen LogP) is 3.13. The average molecular weight is 445 g/mol. The summed E-state index contributed by atoms with van der Waals surface area (Å²) in [4.78, 5) is 29.9. The molecule has 166 valence electrons. The number of carbonyl (C=O) groups is 2. The van der Waals surface area contributed by atoms with Crippen molar-refractivity contribution in [3.8, 4) is 0 Å². The van der Waals surface area contributed by atoms with Crippen LogP contribution in [0.1, 0.15) is 23.2 Å². The Hall–Kier alpha value is -2.06. The van der Waals surface area contributed by atoms with Gasteiger partial charge in [-0.05, 0) is 49.4 Å². The number of Topliss-reactive ketones (excluding diaryl/α,β-unsaturated/α-hetero) is 2. The fourth-order valence-corrected chi connectivity index (χ4v) is 4.43. The lowest BCUT2D eigenvalue weighted by atomic mass is 10.0. The van der Waals surface area contributed by atoms with Crippen LogP contribution in [0.3, 0.4) is 0 Å². The first kappa shape index (κ1) is 23.6. The SMILES string of the molecule is O=C(CCCN1CCN(CC(O)CSc2ccccc2)CC1)C(=O)c1ccc(F)cc1. The number of carbonyl (C=O) groups excluding carboxylic acids is 2. The Labute approximate surface area is 187 Å². The highest BCUT2D eigenvalue weighted by Gasteiger charge is 2.20. The van der Waals surface area contributed by atoms with Gasteiger partial charge in [-0.2, -0.15) is 0 Å². The van der Waals surface area contributed by atoms with E-state index in [0.717, 1.165) is 32.7 Å². The Kier molecular flexibility index (Phi) is 9.21. The van der Waals surface area contributed by atoms with Crippen molar-refractivity contribution in [3.63, 3.8) is 0 Å². The van der Waals surface area contributed by atoms with E-state index >= 15 is 0 Å². The molecule has 1 heterocycles. The number of thioether (sulfide) groups is 1. The number of aliphatic hydroxyl groups is 1. The summed E-state index contributed by atoms with van der Waals surface area (Å²) < 4.78 is 12.9. The van der Waals surface area contributed by atoms with Crippen molar-refractivity contribution in [2.24, 2.45) is 0 Å². The van der Waals surface area contributed by atoms with E-state index in [9.17, 15) is 19.1 Å². The fraction of sp³-hybridized carbons (Fsp3) is 0.417. The van der Waals surface area contributed by atoms with E-state index in [1.54, 1.807) is 11.8 Å². The second kappa shape index (κ2) is 12.1. The van der Waals surface area contributed by atoms with Crippen LogP contribution < -0.4 is 0 Å². The summed E-state index contributed by atoms with van der Waals surface area (Å²) >= 11 is 1.67. The lowest BCUT2D eigenvalue weighted by molar-refractivity contribution is -0.115. The molecule has 2 aromatic rings. The number of nitrogens with zero attached hydrogens (tertiary/aromatic N) is 2. The first-order valence-corrected chi connectivity index (χ1v) is 11.6. The van der Waals surface area contributed by atoms with E-state index in [1.165, 1.54) is 29.2 Å². The summed E-state index contributed by atoms with van der Waals surface area (Å²) in [6.45, 7) is 4.98. The number of β-amino-alcohol motifs (C(OH)–C–C–N with tert-alkyl or cyclic N) is 1. The standard InChI is InChI=1S/C24H29FN2O3S/c25-20-10-8-19(9-11-20)24(30)23(29)7-4-12-26-13-15-27(16-14-26)17-21(28)18-31-22-5-2-1-3-6-22/h1-3,5-6,8-11,21,28H,4,7,12-18H2. The number of piperazine rings is 1. The maximum Gasteiger partial charge on any atom is 0.228 e. The Morgan fingerprint density at radius 2 is 1.61 bits per heavy atom. The maximum absolute atomic E-state index is 12.9. The number of halogens is 1. The van der Waals surface area contributed by atoms with Crippen molar-refractivity contribution in [1.29, 1.82) is 0 Å². The molecule has 1 aliphatic heterocycles. The van der Waals surface area contributed by atoms with Crippen LogP contribution in [0.2, 0.25) is 0 Å². The fourth-order valence-electron chi connectivity index (χ4n) is 3.59. The maximum atomic E-state index is 12.9. The van der Waals surface area contributed by atoms with Gasteiger partial charge in [-0.25, -0.2) is 4.39 Å². The van der Waals surface area contributed by atoms with Crippen LogP contribution in [-0.2, 0) is 4.79 Å². The monoisotopic (exact) mass is 444 g/mol. The molecular formula is C24H29FN2O3S. The number of hydrogen-bond acceptors (Lipinski definition) is 6. The van der Waals surface area contributed by atoms with Gasteiger partial charge in [0.25, 0.3) is 0 Å². The number of benzene rings is 2. The predicted molar refractivity (Wildman–Crippen MR) is 121 cm³/mol. The Bertz CT molecular complexity index is 840. The van der Waals surface area contributed by atoms with Gasteiger partial charge < -0.3 is 10.0 Å². The molecule has 1 fully saturated rings. The van der Waals surface area contributed by atoms with Gasteiger partial charge in [-0.1, -0.05) is 18.2 Å². The molecule has 1 aliphatic rings. The first-order valence-electron chi connectivity index (χ1n) is 10.6. The van der Waals surface area contributed by atoms with Crippen molar-refractivity contribution in [1.82, 2.24) is 9.80 Å². The summed E-state index contributed by atoms with van der Waals surface area (Å²) in [5.41, 5.74) is 0.240. The molecule has 0 bridgehead atoms. The molecule has 2 aromatic carbocycles. The Morgan fingerprint density at radius 3 is 2.29 bits per heavy atom. The smallest absolute Gasteiger partial charge is 0.228 e. The van der Waals surface area contributed by atoms with E-state index in [1.807, 2.05) is 30.3 Å². The zero-order chi connectivity index (χ0) is 22.1. The van der Waals surface area contributed by atoms with Crippen LogP contribution in [0, 0.1) is 5.82 Å². The van der Waals surface area contributed by atoms with Crippen molar-refractivity contribution >= 4 is 23.3 Å². The van der Waals surface area contributed by atoms with Crippen LogP contribution in [-0.4, -0.2) is 77.6 Å². The van der Waals surface area contributed by atoms with E-state index < -0.39 is 17.4 Å². The molecular weight excluding hydrogens is 415 g/mol. The summed E-state index contributed by atoms with van der Waals surface area (Å²) in [5, 5.41) is 10.3. The van der Waals surface area contributed by atoms with Gasteiger partial charge >= 0.3 is 0 Å². The van der Waals surface area contributed by atoms with Gasteiger partial charge in [0.1, 0.15) is 5.82 Å². The third kappa shape index (κ3) is 7.85. The van der Waals surface area contributed by atoms with Crippen molar-refractivity contribution in [2.45, 2.75) is 23.8 Å². The Morgan fingerprint density at radius 1 is 0.968 bits per heavy atom. The first-order chi connectivity index (χ1) is 15.0. The van der Waals surface area contributed by atoms with E-state index in [2.05, 4.69) is 9.80 Å². The third-order valence-electron chi connectivity index (χ3n) is 5.36. The molecule has 1 unspecified atom stereocenters. The average Bonchev–Trinajstić information content (AvgIpc) is 2.79. The minimum Gasteiger partial charge on any atom is -0.391 e. The largest absolute Gasteiger partial charge is 0.391 e. The molecule has 0 aliphatic carbocycles. The molecule has 0 saturated carbocycles. The molecule has 5 nitrogen and oxygen atoms in total. The summed E-state index contributed by atoms with van der Waals surface area (Å²) in [6.07, 6.45) is 0.459. The van der Waals surface area contributed by atoms with Crippen molar-refractivity contribution < 1.29 is 19.1 Å². The molecule has 1 atom stereocenters. The highest BCUT2D eigenvalue weighted by atomic mass is 32.2. The quantitative estimate of drug-likeness (QED) is 0.326. The minimum absolute atomic E-state index is 0.200. The zero-order valence-corrected chi connectivity index (χ0v) is 18.4. The van der Waals surface area contributed by atoms with Crippen molar-refractivity contribution in [2.75, 3.05) is 45.0 Å². The second-order valence-electron chi connectivity index (χ2n) is 7.78. The topological polar surface area (TPSA) is 60.9 Å². The molecule has 7 heteroatoms. The van der Waals surface area contributed by atoms with Gasteiger partial charge in [0.2, 0.25) is 11.6 Å². The number of hydrogen-bond donors (Lipinski definition) is 1. The van der Waals surface area contributed by atoms with E-state index in [4.69, 9.17) is 0 Å². The number of ketones is 2. The zero-order valence-electron chi connectivity index (χ0n) is 17.6. The van der Waals surface area contributed by atoms with Crippen LogP contribution >= 0.6 is 11.8 Å².